The number of methoxy groups -OCH3 is 2. The van der Waals surface area contributed by atoms with Gasteiger partial charge in [-0.05, 0) is 36.1 Å². The number of rotatable bonds is 7. The van der Waals surface area contributed by atoms with Crippen molar-refractivity contribution in [2.75, 3.05) is 14.2 Å². The Morgan fingerprint density at radius 2 is 1.65 bits per heavy atom. The first-order valence-electron chi connectivity index (χ1n) is 8.51. The molecule has 0 N–H and O–H groups in total. The number of carbonyl (C=O) groups is 2. The van der Waals surface area contributed by atoms with Crippen LogP contribution in [0.4, 0.5) is 0 Å². The number of esters is 2. The van der Waals surface area contributed by atoms with E-state index in [1.807, 2.05) is 54.6 Å². The zero-order chi connectivity index (χ0) is 18.6. The molecule has 5 nitrogen and oxygen atoms in total. The maximum Gasteiger partial charge on any atom is 0.313 e. The van der Waals surface area contributed by atoms with E-state index in [9.17, 15) is 9.59 Å². The van der Waals surface area contributed by atoms with Crippen LogP contribution in [0.15, 0.2) is 54.6 Å². The number of hydrogen-bond acceptors (Lipinski definition) is 5. The van der Waals surface area contributed by atoms with Gasteiger partial charge in [0.15, 0.2) is 0 Å². The normalized spacial score (nSPS) is 20.9. The molecule has 26 heavy (non-hydrogen) atoms. The van der Waals surface area contributed by atoms with Crippen molar-refractivity contribution in [3.05, 3.63) is 65.7 Å². The molecular weight excluding hydrogens is 332 g/mol. The lowest BCUT2D eigenvalue weighted by Crippen LogP contribution is -2.25. The minimum absolute atomic E-state index is 0.363. The first-order chi connectivity index (χ1) is 12.6. The van der Waals surface area contributed by atoms with Gasteiger partial charge in [0, 0.05) is 0 Å². The fraction of sp³-hybridized carbons (Fsp3) is 0.333. The van der Waals surface area contributed by atoms with Gasteiger partial charge in [-0.2, -0.15) is 0 Å². The summed E-state index contributed by atoms with van der Waals surface area (Å²) in [6, 6.07) is 17.5. The average Bonchev–Trinajstić information content (AvgIpc) is 3.42. The Balaban J connectivity index is 1.64. The summed E-state index contributed by atoms with van der Waals surface area (Å²) < 4.78 is 15.5. The van der Waals surface area contributed by atoms with Crippen LogP contribution in [-0.2, 0) is 32.1 Å². The van der Waals surface area contributed by atoms with Gasteiger partial charge in [0.2, 0.25) is 0 Å². The summed E-state index contributed by atoms with van der Waals surface area (Å²) in [5, 5.41) is 0. The second-order valence-electron chi connectivity index (χ2n) is 6.52. The minimum Gasteiger partial charge on any atom is -0.489 e. The molecule has 0 aromatic heterocycles. The van der Waals surface area contributed by atoms with E-state index in [2.05, 4.69) is 0 Å². The molecule has 1 aliphatic rings. The average molecular weight is 354 g/mol. The highest BCUT2D eigenvalue weighted by Crippen LogP contribution is 2.56. The molecule has 0 bridgehead atoms. The maximum absolute atomic E-state index is 12.2. The van der Waals surface area contributed by atoms with Gasteiger partial charge >= 0.3 is 11.9 Å². The van der Waals surface area contributed by atoms with E-state index in [0.29, 0.717) is 19.4 Å². The molecule has 2 atom stereocenters. The summed E-state index contributed by atoms with van der Waals surface area (Å²) in [5.41, 5.74) is 1.24. The lowest BCUT2D eigenvalue weighted by atomic mass is 9.94. The largest absolute Gasteiger partial charge is 0.489 e. The Morgan fingerprint density at radius 3 is 2.27 bits per heavy atom. The van der Waals surface area contributed by atoms with E-state index < -0.39 is 11.3 Å². The van der Waals surface area contributed by atoms with Crippen LogP contribution in [0, 0.1) is 11.3 Å². The predicted molar refractivity (Wildman–Crippen MR) is 95.5 cm³/mol. The first kappa shape index (κ1) is 18.0. The standard InChI is InChI=1S/C21H22O5/c1-24-19(22)18-13-21(18,20(23)25-2)12-15-8-10-17(11-9-15)26-14-16-6-4-3-5-7-16/h3-11,18H,12-14H2,1-2H3. The molecule has 1 aliphatic carbocycles. The molecule has 136 valence electrons. The molecule has 0 saturated heterocycles. The van der Waals surface area contributed by atoms with Crippen LogP contribution in [-0.4, -0.2) is 26.2 Å². The monoisotopic (exact) mass is 354 g/mol. The minimum atomic E-state index is -0.811. The van der Waals surface area contributed by atoms with Crippen LogP contribution in [0.1, 0.15) is 17.5 Å². The van der Waals surface area contributed by atoms with Gasteiger partial charge < -0.3 is 14.2 Å². The van der Waals surface area contributed by atoms with Gasteiger partial charge in [-0.25, -0.2) is 0 Å². The Morgan fingerprint density at radius 1 is 0.962 bits per heavy atom. The molecule has 0 radical (unpaired) electrons. The fourth-order valence-corrected chi connectivity index (χ4v) is 3.26. The van der Waals surface area contributed by atoms with E-state index in [1.165, 1.54) is 14.2 Å². The Labute approximate surface area is 152 Å². The van der Waals surface area contributed by atoms with Gasteiger partial charge in [0.25, 0.3) is 0 Å². The molecule has 0 heterocycles. The summed E-state index contributed by atoms with van der Waals surface area (Å²) in [6.45, 7) is 0.497. The Kier molecular flexibility index (Phi) is 5.26. The zero-order valence-corrected chi connectivity index (χ0v) is 14.9. The highest BCUT2D eigenvalue weighted by molar-refractivity contribution is 5.91. The van der Waals surface area contributed by atoms with Crippen molar-refractivity contribution in [2.24, 2.45) is 11.3 Å². The summed E-state index contributed by atoms with van der Waals surface area (Å²) in [4.78, 5) is 24.0. The van der Waals surface area contributed by atoms with Crippen molar-refractivity contribution in [3.8, 4) is 5.75 Å². The third-order valence-corrected chi connectivity index (χ3v) is 4.84. The Hall–Kier alpha value is -2.82. The predicted octanol–water partition coefficient (Wildman–Crippen LogP) is 3.16. The van der Waals surface area contributed by atoms with Gasteiger partial charge in [-0.1, -0.05) is 42.5 Å². The lowest BCUT2D eigenvalue weighted by molar-refractivity contribution is -0.152. The maximum atomic E-state index is 12.2. The van der Waals surface area contributed by atoms with Crippen LogP contribution in [0.5, 0.6) is 5.75 Å². The molecule has 2 aromatic rings. The molecule has 2 unspecified atom stereocenters. The van der Waals surface area contributed by atoms with E-state index in [-0.39, 0.29) is 11.9 Å². The molecule has 1 fully saturated rings. The zero-order valence-electron chi connectivity index (χ0n) is 14.9. The van der Waals surface area contributed by atoms with Crippen molar-refractivity contribution >= 4 is 11.9 Å². The second kappa shape index (κ2) is 7.60. The SMILES string of the molecule is COC(=O)C1CC1(Cc1ccc(OCc2ccccc2)cc1)C(=O)OC. The van der Waals surface area contributed by atoms with Crippen LogP contribution >= 0.6 is 0 Å². The van der Waals surface area contributed by atoms with Gasteiger partial charge in [-0.3, -0.25) is 9.59 Å². The van der Waals surface area contributed by atoms with E-state index >= 15 is 0 Å². The molecule has 5 heteroatoms. The van der Waals surface area contributed by atoms with E-state index in [1.54, 1.807) is 0 Å². The van der Waals surface area contributed by atoms with Gasteiger partial charge in [0.05, 0.1) is 25.6 Å². The highest BCUT2D eigenvalue weighted by Gasteiger charge is 2.65. The molecule has 1 saturated carbocycles. The first-order valence-corrected chi connectivity index (χ1v) is 8.51. The molecular formula is C21H22O5. The number of hydrogen-bond donors (Lipinski definition) is 0. The van der Waals surface area contributed by atoms with Crippen LogP contribution in [0.3, 0.4) is 0 Å². The Bertz CT molecular complexity index is 769. The lowest BCUT2D eigenvalue weighted by Gasteiger charge is -2.15. The molecule has 3 rings (SSSR count). The topological polar surface area (TPSA) is 61.8 Å². The van der Waals surface area contributed by atoms with Gasteiger partial charge in [-0.15, -0.1) is 0 Å². The van der Waals surface area contributed by atoms with Crippen molar-refractivity contribution in [1.82, 2.24) is 0 Å². The number of carbonyl (C=O) groups excluding carboxylic acids is 2. The fourth-order valence-electron chi connectivity index (χ4n) is 3.26. The summed E-state index contributed by atoms with van der Waals surface area (Å²) >= 11 is 0. The second-order valence-corrected chi connectivity index (χ2v) is 6.52. The summed E-state index contributed by atoms with van der Waals surface area (Å²) in [5.74, 6) is -0.408. The van der Waals surface area contributed by atoms with Gasteiger partial charge in [0.1, 0.15) is 12.4 Å². The van der Waals surface area contributed by atoms with Crippen LogP contribution in [0.25, 0.3) is 0 Å². The smallest absolute Gasteiger partial charge is 0.313 e. The van der Waals surface area contributed by atoms with Crippen molar-refractivity contribution in [1.29, 1.82) is 0 Å². The van der Waals surface area contributed by atoms with Crippen molar-refractivity contribution in [2.45, 2.75) is 19.4 Å². The number of benzene rings is 2. The molecule has 0 amide bonds. The van der Waals surface area contributed by atoms with Crippen molar-refractivity contribution in [3.63, 3.8) is 0 Å². The van der Waals surface area contributed by atoms with Crippen LogP contribution in [0.2, 0.25) is 0 Å². The molecule has 2 aromatic carbocycles. The summed E-state index contributed by atoms with van der Waals surface area (Å²) in [7, 11) is 2.68. The van der Waals surface area contributed by atoms with E-state index in [4.69, 9.17) is 14.2 Å². The number of ether oxygens (including phenoxy) is 3. The highest BCUT2D eigenvalue weighted by atomic mass is 16.5. The van der Waals surface area contributed by atoms with Crippen molar-refractivity contribution < 1.29 is 23.8 Å². The van der Waals surface area contributed by atoms with E-state index in [0.717, 1.165) is 16.9 Å². The third kappa shape index (κ3) is 3.72. The summed E-state index contributed by atoms with van der Waals surface area (Å²) in [6.07, 6.45) is 0.900. The molecule has 0 aliphatic heterocycles. The quantitative estimate of drug-likeness (QED) is 0.715. The van der Waals surface area contributed by atoms with Crippen LogP contribution < -0.4 is 4.74 Å². The molecule has 0 spiro atoms. The third-order valence-electron chi connectivity index (χ3n) is 4.84.